The van der Waals surface area contributed by atoms with Gasteiger partial charge in [-0.1, -0.05) is 24.9 Å². The number of rotatable bonds is 7. The Hall–Kier alpha value is -1.42. The molecular weight excluding hydrogens is 254 g/mol. The van der Waals surface area contributed by atoms with Crippen LogP contribution >= 0.6 is 11.6 Å². The molecule has 0 amide bonds. The number of anilines is 1. The van der Waals surface area contributed by atoms with Crippen LogP contribution in [0.5, 0.6) is 5.75 Å². The highest BCUT2D eigenvalue weighted by molar-refractivity contribution is 6.32. The van der Waals surface area contributed by atoms with Crippen molar-refractivity contribution in [2.24, 2.45) is 0 Å². The van der Waals surface area contributed by atoms with Crippen LogP contribution in [-0.2, 0) is 9.53 Å². The Kier molecular flexibility index (Phi) is 6.36. The smallest absolute Gasteiger partial charge is 0.325 e. The molecule has 0 radical (unpaired) electrons. The molecule has 0 fully saturated rings. The number of nitrogens with one attached hydrogen (secondary N) is 1. The number of halogens is 1. The van der Waals surface area contributed by atoms with Crippen LogP contribution in [0.15, 0.2) is 18.2 Å². The van der Waals surface area contributed by atoms with E-state index in [2.05, 4.69) is 5.32 Å². The average molecular weight is 272 g/mol. The van der Waals surface area contributed by atoms with Crippen LogP contribution in [0.4, 0.5) is 5.69 Å². The van der Waals surface area contributed by atoms with Gasteiger partial charge in [0.15, 0.2) is 0 Å². The molecule has 1 N–H and O–H groups in total. The first-order chi connectivity index (χ1) is 8.67. The molecule has 0 aromatic heterocycles. The molecule has 1 aromatic carbocycles. The van der Waals surface area contributed by atoms with Crippen molar-refractivity contribution < 1.29 is 14.3 Å². The van der Waals surface area contributed by atoms with Crippen molar-refractivity contribution in [2.45, 2.75) is 19.8 Å². The first-order valence-electron chi connectivity index (χ1n) is 5.90. The Morgan fingerprint density at radius 3 is 2.83 bits per heavy atom. The standard InChI is InChI=1S/C13H18ClNO3/c1-3-4-7-18-13(16)9-15-10-5-6-12(17-2)11(14)8-10/h5-6,8,15H,3-4,7,9H2,1-2H3. The van der Waals surface area contributed by atoms with E-state index in [-0.39, 0.29) is 12.5 Å². The number of esters is 1. The van der Waals surface area contributed by atoms with Gasteiger partial charge in [-0.3, -0.25) is 4.79 Å². The number of hydrogen-bond acceptors (Lipinski definition) is 4. The van der Waals surface area contributed by atoms with Gasteiger partial charge in [-0.2, -0.15) is 0 Å². The first kappa shape index (κ1) is 14.6. The van der Waals surface area contributed by atoms with Crippen LogP contribution in [0.2, 0.25) is 5.02 Å². The second-order valence-corrected chi connectivity index (χ2v) is 4.18. The second kappa shape index (κ2) is 7.82. The highest BCUT2D eigenvalue weighted by Crippen LogP contribution is 2.26. The van der Waals surface area contributed by atoms with Crippen LogP contribution in [-0.4, -0.2) is 26.2 Å². The summed E-state index contributed by atoms with van der Waals surface area (Å²) in [7, 11) is 1.55. The number of unbranched alkanes of at least 4 members (excludes halogenated alkanes) is 1. The largest absolute Gasteiger partial charge is 0.495 e. The van der Waals surface area contributed by atoms with Gasteiger partial charge in [0.1, 0.15) is 12.3 Å². The SMILES string of the molecule is CCCCOC(=O)CNc1ccc(OC)c(Cl)c1. The second-order valence-electron chi connectivity index (χ2n) is 3.78. The normalized spacial score (nSPS) is 9.94. The molecule has 0 aliphatic heterocycles. The fraction of sp³-hybridized carbons (Fsp3) is 0.462. The Morgan fingerprint density at radius 1 is 1.44 bits per heavy atom. The van der Waals surface area contributed by atoms with Gasteiger partial charge in [-0.25, -0.2) is 0 Å². The summed E-state index contributed by atoms with van der Waals surface area (Å²) in [6.45, 7) is 2.65. The summed E-state index contributed by atoms with van der Waals surface area (Å²) in [6, 6.07) is 5.25. The number of ether oxygens (including phenoxy) is 2. The Balaban J connectivity index is 2.39. The molecule has 0 heterocycles. The van der Waals surface area contributed by atoms with E-state index in [9.17, 15) is 4.79 Å². The van der Waals surface area contributed by atoms with Gasteiger partial charge in [-0.05, 0) is 24.6 Å². The van der Waals surface area contributed by atoms with E-state index in [1.807, 2.05) is 6.92 Å². The van der Waals surface area contributed by atoms with Gasteiger partial charge in [0.2, 0.25) is 0 Å². The van der Waals surface area contributed by atoms with Crippen molar-refractivity contribution in [3.8, 4) is 5.75 Å². The first-order valence-corrected chi connectivity index (χ1v) is 6.28. The van der Waals surface area contributed by atoms with Crippen molar-refractivity contribution in [2.75, 3.05) is 25.6 Å². The maximum atomic E-state index is 11.4. The molecule has 1 rings (SSSR count). The van der Waals surface area contributed by atoms with E-state index in [1.54, 1.807) is 25.3 Å². The number of hydrogen-bond donors (Lipinski definition) is 1. The Morgan fingerprint density at radius 2 is 2.22 bits per heavy atom. The van der Waals surface area contributed by atoms with E-state index >= 15 is 0 Å². The minimum atomic E-state index is -0.268. The van der Waals surface area contributed by atoms with Crippen LogP contribution in [0, 0.1) is 0 Å². The fourth-order valence-electron chi connectivity index (χ4n) is 1.33. The highest BCUT2D eigenvalue weighted by atomic mass is 35.5. The molecule has 0 bridgehead atoms. The average Bonchev–Trinajstić information content (AvgIpc) is 2.37. The zero-order valence-corrected chi connectivity index (χ0v) is 11.4. The van der Waals surface area contributed by atoms with Crippen LogP contribution < -0.4 is 10.1 Å². The molecule has 18 heavy (non-hydrogen) atoms. The zero-order valence-electron chi connectivity index (χ0n) is 10.7. The summed E-state index contributed by atoms with van der Waals surface area (Å²) < 4.78 is 10.1. The molecule has 100 valence electrons. The summed E-state index contributed by atoms with van der Waals surface area (Å²) in [5.74, 6) is 0.336. The van der Waals surface area contributed by atoms with Crippen LogP contribution in [0.25, 0.3) is 0 Å². The maximum Gasteiger partial charge on any atom is 0.325 e. The monoisotopic (exact) mass is 271 g/mol. The third-order valence-corrected chi connectivity index (χ3v) is 2.64. The molecule has 0 atom stereocenters. The van der Waals surface area contributed by atoms with E-state index in [0.29, 0.717) is 17.4 Å². The lowest BCUT2D eigenvalue weighted by Gasteiger charge is -2.09. The molecule has 4 nitrogen and oxygen atoms in total. The number of methoxy groups -OCH3 is 1. The van der Waals surface area contributed by atoms with Crippen molar-refractivity contribution >= 4 is 23.3 Å². The van der Waals surface area contributed by atoms with Crippen molar-refractivity contribution in [3.05, 3.63) is 23.2 Å². The molecule has 0 unspecified atom stereocenters. The summed E-state index contributed by atoms with van der Waals surface area (Å²) in [5, 5.41) is 3.45. The van der Waals surface area contributed by atoms with E-state index in [4.69, 9.17) is 21.1 Å². The minimum absolute atomic E-state index is 0.131. The summed E-state index contributed by atoms with van der Waals surface area (Å²) in [6.07, 6.45) is 1.90. The predicted octanol–water partition coefficient (Wildman–Crippen LogP) is 3.10. The molecule has 0 saturated carbocycles. The molecule has 0 saturated heterocycles. The van der Waals surface area contributed by atoms with Crippen LogP contribution in [0.1, 0.15) is 19.8 Å². The van der Waals surface area contributed by atoms with Crippen molar-refractivity contribution in [1.29, 1.82) is 0 Å². The summed E-state index contributed by atoms with van der Waals surface area (Å²) in [5.41, 5.74) is 0.758. The third-order valence-electron chi connectivity index (χ3n) is 2.35. The molecule has 0 aliphatic rings. The molecule has 1 aromatic rings. The van der Waals surface area contributed by atoms with Gasteiger partial charge in [-0.15, -0.1) is 0 Å². The third kappa shape index (κ3) is 4.84. The number of carbonyl (C=O) groups is 1. The lowest BCUT2D eigenvalue weighted by atomic mass is 10.3. The quantitative estimate of drug-likeness (QED) is 0.611. The summed E-state index contributed by atoms with van der Waals surface area (Å²) in [4.78, 5) is 11.4. The zero-order chi connectivity index (χ0) is 13.4. The fourth-order valence-corrected chi connectivity index (χ4v) is 1.59. The van der Waals surface area contributed by atoms with Crippen molar-refractivity contribution in [3.63, 3.8) is 0 Å². The maximum absolute atomic E-state index is 11.4. The lowest BCUT2D eigenvalue weighted by Crippen LogP contribution is -2.17. The number of benzene rings is 1. The topological polar surface area (TPSA) is 47.6 Å². The Labute approximate surface area is 112 Å². The van der Waals surface area contributed by atoms with Gasteiger partial charge in [0, 0.05) is 5.69 Å². The highest BCUT2D eigenvalue weighted by Gasteiger charge is 2.04. The molecule has 0 spiro atoms. The van der Waals surface area contributed by atoms with E-state index in [0.717, 1.165) is 18.5 Å². The van der Waals surface area contributed by atoms with E-state index < -0.39 is 0 Å². The predicted molar refractivity (Wildman–Crippen MR) is 72.4 cm³/mol. The molecule has 0 aliphatic carbocycles. The van der Waals surface area contributed by atoms with Crippen LogP contribution in [0.3, 0.4) is 0 Å². The molecule has 5 heteroatoms. The Bertz CT molecular complexity index is 396. The number of carbonyl (C=O) groups excluding carboxylic acids is 1. The van der Waals surface area contributed by atoms with Gasteiger partial charge >= 0.3 is 5.97 Å². The van der Waals surface area contributed by atoms with Gasteiger partial charge in [0.05, 0.1) is 18.7 Å². The summed E-state index contributed by atoms with van der Waals surface area (Å²) >= 11 is 5.97. The molecular formula is C13H18ClNO3. The minimum Gasteiger partial charge on any atom is -0.495 e. The van der Waals surface area contributed by atoms with Gasteiger partial charge in [0.25, 0.3) is 0 Å². The van der Waals surface area contributed by atoms with E-state index in [1.165, 1.54) is 0 Å². The van der Waals surface area contributed by atoms with Gasteiger partial charge < -0.3 is 14.8 Å². The lowest BCUT2D eigenvalue weighted by molar-refractivity contribution is -0.141. The van der Waals surface area contributed by atoms with Crippen molar-refractivity contribution in [1.82, 2.24) is 0 Å².